The highest BCUT2D eigenvalue weighted by Crippen LogP contribution is 2.32. The van der Waals surface area contributed by atoms with Crippen LogP contribution in [0.4, 0.5) is 10.1 Å². The highest BCUT2D eigenvalue weighted by molar-refractivity contribution is 5.76. The number of piperazine rings is 1. The van der Waals surface area contributed by atoms with Crippen LogP contribution in [0.15, 0.2) is 24.3 Å². The normalized spacial score (nSPS) is 23.2. The van der Waals surface area contributed by atoms with Gasteiger partial charge in [0.2, 0.25) is 5.91 Å². The SMILES string of the molecule is N#CCNC(=O)C[C@H]1CC[C@H](CCN2CCN(c3ccccc3F)CC2)CC1. The zero-order chi connectivity index (χ0) is 19.8. The van der Waals surface area contributed by atoms with Crippen LogP contribution in [-0.2, 0) is 4.79 Å². The number of anilines is 1. The van der Waals surface area contributed by atoms with Crippen LogP contribution in [0, 0.1) is 29.0 Å². The number of halogens is 1. The van der Waals surface area contributed by atoms with Gasteiger partial charge in [0.05, 0.1) is 11.8 Å². The van der Waals surface area contributed by atoms with Crippen LogP contribution in [0.3, 0.4) is 0 Å². The number of rotatable bonds is 7. The van der Waals surface area contributed by atoms with Crippen molar-refractivity contribution in [2.24, 2.45) is 11.8 Å². The van der Waals surface area contributed by atoms with Gasteiger partial charge in [0.15, 0.2) is 0 Å². The maximum Gasteiger partial charge on any atom is 0.221 e. The van der Waals surface area contributed by atoms with Crippen LogP contribution >= 0.6 is 0 Å². The van der Waals surface area contributed by atoms with Crippen molar-refractivity contribution < 1.29 is 9.18 Å². The van der Waals surface area contributed by atoms with Gasteiger partial charge in [0.1, 0.15) is 12.4 Å². The van der Waals surface area contributed by atoms with Gasteiger partial charge < -0.3 is 10.2 Å². The zero-order valence-electron chi connectivity index (χ0n) is 16.6. The Morgan fingerprint density at radius 1 is 1.11 bits per heavy atom. The van der Waals surface area contributed by atoms with E-state index in [1.807, 2.05) is 18.2 Å². The summed E-state index contributed by atoms with van der Waals surface area (Å²) in [5.41, 5.74) is 0.722. The number of carbonyl (C=O) groups is 1. The maximum absolute atomic E-state index is 13.9. The molecule has 0 radical (unpaired) electrons. The molecule has 0 atom stereocenters. The van der Waals surface area contributed by atoms with Crippen molar-refractivity contribution in [2.75, 3.05) is 44.2 Å². The van der Waals surface area contributed by atoms with E-state index < -0.39 is 0 Å². The number of carbonyl (C=O) groups excluding carboxylic acids is 1. The van der Waals surface area contributed by atoms with Crippen molar-refractivity contribution in [3.05, 3.63) is 30.1 Å². The summed E-state index contributed by atoms with van der Waals surface area (Å²) in [7, 11) is 0. The third-order valence-electron chi connectivity index (χ3n) is 6.22. The fraction of sp³-hybridized carbons (Fsp3) is 0.636. The fourth-order valence-corrected chi connectivity index (χ4v) is 4.48. The van der Waals surface area contributed by atoms with Gasteiger partial charge in [0.25, 0.3) is 0 Å². The predicted octanol–water partition coefficient (Wildman–Crippen LogP) is 3.17. The van der Waals surface area contributed by atoms with E-state index in [1.165, 1.54) is 25.3 Å². The third-order valence-corrected chi connectivity index (χ3v) is 6.22. The van der Waals surface area contributed by atoms with Crippen molar-refractivity contribution in [1.82, 2.24) is 10.2 Å². The third kappa shape index (κ3) is 5.93. The number of benzene rings is 1. The molecular weight excluding hydrogens is 355 g/mol. The molecule has 0 spiro atoms. The van der Waals surface area contributed by atoms with E-state index in [0.29, 0.717) is 12.3 Å². The summed E-state index contributed by atoms with van der Waals surface area (Å²) in [4.78, 5) is 16.4. The molecule has 1 aliphatic carbocycles. The summed E-state index contributed by atoms with van der Waals surface area (Å²) in [6.07, 6.45) is 6.41. The van der Waals surface area contributed by atoms with E-state index in [4.69, 9.17) is 5.26 Å². The van der Waals surface area contributed by atoms with E-state index in [1.54, 1.807) is 6.07 Å². The molecule has 28 heavy (non-hydrogen) atoms. The molecule has 0 unspecified atom stereocenters. The van der Waals surface area contributed by atoms with Crippen molar-refractivity contribution >= 4 is 11.6 Å². The molecule has 1 heterocycles. The quantitative estimate of drug-likeness (QED) is 0.731. The molecule has 1 saturated heterocycles. The van der Waals surface area contributed by atoms with Gasteiger partial charge >= 0.3 is 0 Å². The number of amides is 1. The molecule has 1 N–H and O–H groups in total. The number of nitrogens with zero attached hydrogens (tertiary/aromatic N) is 3. The Morgan fingerprint density at radius 3 is 2.46 bits per heavy atom. The molecule has 6 heteroatoms. The van der Waals surface area contributed by atoms with E-state index in [-0.39, 0.29) is 18.3 Å². The molecule has 1 saturated carbocycles. The predicted molar refractivity (Wildman–Crippen MR) is 108 cm³/mol. The molecule has 1 amide bonds. The van der Waals surface area contributed by atoms with Crippen molar-refractivity contribution in [3.63, 3.8) is 0 Å². The van der Waals surface area contributed by atoms with Gasteiger partial charge in [-0.05, 0) is 49.8 Å². The van der Waals surface area contributed by atoms with Crippen LogP contribution in [0.5, 0.6) is 0 Å². The standard InChI is InChI=1S/C22H31FN4O/c23-20-3-1-2-4-21(20)27-15-13-26(14-16-27)12-9-18-5-7-19(8-6-18)17-22(28)25-11-10-24/h1-4,18-19H,5-9,11-17H2,(H,25,28)/t18-,19-. The van der Waals surface area contributed by atoms with Crippen LogP contribution in [0.25, 0.3) is 0 Å². The summed E-state index contributed by atoms with van der Waals surface area (Å²) in [6.45, 7) is 4.96. The van der Waals surface area contributed by atoms with E-state index in [0.717, 1.165) is 57.2 Å². The van der Waals surface area contributed by atoms with Gasteiger partial charge in [-0.3, -0.25) is 9.69 Å². The molecule has 5 nitrogen and oxygen atoms in total. The second-order valence-corrected chi connectivity index (χ2v) is 8.09. The number of hydrogen-bond acceptors (Lipinski definition) is 4. The van der Waals surface area contributed by atoms with Crippen LogP contribution < -0.4 is 10.2 Å². The summed E-state index contributed by atoms with van der Waals surface area (Å²) in [5.74, 6) is 1.11. The smallest absolute Gasteiger partial charge is 0.221 e. The molecule has 1 aromatic rings. The Hall–Kier alpha value is -2.13. The van der Waals surface area contributed by atoms with Gasteiger partial charge in [-0.1, -0.05) is 25.0 Å². The first-order valence-electron chi connectivity index (χ1n) is 10.5. The van der Waals surface area contributed by atoms with Crippen LogP contribution in [0.2, 0.25) is 0 Å². The second-order valence-electron chi connectivity index (χ2n) is 8.09. The Morgan fingerprint density at radius 2 is 1.79 bits per heavy atom. The molecule has 0 aromatic heterocycles. The van der Waals surface area contributed by atoms with Crippen molar-refractivity contribution in [1.29, 1.82) is 5.26 Å². The number of nitrogens with one attached hydrogen (secondary N) is 1. The summed E-state index contributed by atoms with van der Waals surface area (Å²) in [5, 5.41) is 11.2. The lowest BCUT2D eigenvalue weighted by Crippen LogP contribution is -2.47. The molecule has 2 aliphatic rings. The Bertz CT molecular complexity index is 673. The number of para-hydroxylation sites is 1. The van der Waals surface area contributed by atoms with Crippen molar-refractivity contribution in [2.45, 2.75) is 38.5 Å². The number of nitriles is 1. The second kappa shape index (κ2) is 10.4. The summed E-state index contributed by atoms with van der Waals surface area (Å²) < 4.78 is 13.9. The first-order chi connectivity index (χ1) is 13.7. The molecule has 0 bridgehead atoms. The number of hydrogen-bond donors (Lipinski definition) is 1. The summed E-state index contributed by atoms with van der Waals surface area (Å²) in [6, 6.07) is 8.98. The highest BCUT2D eigenvalue weighted by Gasteiger charge is 2.24. The molecule has 3 rings (SSSR count). The van der Waals surface area contributed by atoms with Crippen LogP contribution in [-0.4, -0.2) is 50.1 Å². The van der Waals surface area contributed by atoms with Crippen molar-refractivity contribution in [3.8, 4) is 6.07 Å². The Kier molecular flexibility index (Phi) is 7.67. The van der Waals surface area contributed by atoms with Crippen LogP contribution in [0.1, 0.15) is 38.5 Å². The molecule has 2 fully saturated rings. The highest BCUT2D eigenvalue weighted by atomic mass is 19.1. The monoisotopic (exact) mass is 386 g/mol. The minimum Gasteiger partial charge on any atom is -0.367 e. The minimum absolute atomic E-state index is 0.0118. The van der Waals surface area contributed by atoms with Gasteiger partial charge in [0, 0.05) is 32.6 Å². The van der Waals surface area contributed by atoms with Gasteiger partial charge in [-0.2, -0.15) is 5.26 Å². The molecule has 152 valence electrons. The maximum atomic E-state index is 13.9. The average molecular weight is 387 g/mol. The first-order valence-corrected chi connectivity index (χ1v) is 10.5. The topological polar surface area (TPSA) is 59.4 Å². The van der Waals surface area contributed by atoms with E-state index in [2.05, 4.69) is 15.1 Å². The largest absolute Gasteiger partial charge is 0.367 e. The Labute approximate surface area is 167 Å². The van der Waals surface area contributed by atoms with E-state index in [9.17, 15) is 9.18 Å². The van der Waals surface area contributed by atoms with E-state index >= 15 is 0 Å². The Balaban J connectivity index is 1.32. The first kappa shape index (κ1) is 20.6. The minimum atomic E-state index is -0.131. The zero-order valence-corrected chi connectivity index (χ0v) is 16.6. The van der Waals surface area contributed by atoms with Gasteiger partial charge in [-0.15, -0.1) is 0 Å². The lowest BCUT2D eigenvalue weighted by molar-refractivity contribution is -0.122. The fourth-order valence-electron chi connectivity index (χ4n) is 4.48. The lowest BCUT2D eigenvalue weighted by atomic mass is 9.79. The van der Waals surface area contributed by atoms with Gasteiger partial charge in [-0.25, -0.2) is 4.39 Å². The summed E-state index contributed by atoms with van der Waals surface area (Å²) >= 11 is 0. The molecule has 1 aliphatic heterocycles. The average Bonchev–Trinajstić information content (AvgIpc) is 2.72. The molecule has 1 aromatic carbocycles. The molecular formula is C22H31FN4O. The lowest BCUT2D eigenvalue weighted by Gasteiger charge is -2.37.